The topological polar surface area (TPSA) is 96.0 Å². The number of halogens is 3. The molecule has 3 aliphatic rings. The second kappa shape index (κ2) is 11.5. The first-order valence-electron chi connectivity index (χ1n) is 12.9. The molecule has 3 aliphatic heterocycles. The Bertz CT molecular complexity index is 1160. The van der Waals surface area contributed by atoms with Crippen molar-refractivity contribution in [3.63, 3.8) is 0 Å². The molecular weight excluding hydrogens is 543 g/mol. The van der Waals surface area contributed by atoms with Crippen molar-refractivity contribution in [2.75, 3.05) is 32.1 Å². The van der Waals surface area contributed by atoms with Crippen molar-refractivity contribution in [2.45, 2.75) is 75.7 Å². The average molecular weight is 580 g/mol. The number of hydrogen-bond acceptors (Lipinski definition) is 5. The molecule has 0 saturated carbocycles. The number of ether oxygens (including phenoxy) is 1. The predicted molar refractivity (Wildman–Crippen MR) is 137 cm³/mol. The van der Waals surface area contributed by atoms with Gasteiger partial charge in [0, 0.05) is 37.3 Å². The van der Waals surface area contributed by atoms with Crippen LogP contribution in [0.25, 0.3) is 0 Å². The van der Waals surface area contributed by atoms with Gasteiger partial charge >= 0.3 is 0 Å². The van der Waals surface area contributed by atoms with Gasteiger partial charge in [0.15, 0.2) is 11.6 Å². The number of sulfonamides is 1. The molecule has 1 amide bonds. The molecule has 1 aromatic carbocycles. The monoisotopic (exact) mass is 579 g/mol. The smallest absolute Gasteiger partial charge is 0.239 e. The molecule has 4 atom stereocenters. The molecule has 2 bridgehead atoms. The number of benzene rings is 1. The lowest BCUT2D eigenvalue weighted by Gasteiger charge is -2.42. The molecule has 38 heavy (non-hydrogen) atoms. The Kier molecular flexibility index (Phi) is 8.93. The fourth-order valence-corrected chi connectivity index (χ4v) is 7.93. The highest BCUT2D eigenvalue weighted by atomic mass is 32.2. The largest absolute Gasteiger partial charge is 0.379 e. The van der Waals surface area contributed by atoms with Crippen molar-refractivity contribution in [3.05, 3.63) is 35.1 Å². The summed E-state index contributed by atoms with van der Waals surface area (Å²) in [6.45, 7) is 6.44. The molecule has 0 aromatic heterocycles. The van der Waals surface area contributed by atoms with Crippen LogP contribution in [0, 0.1) is 23.4 Å². The van der Waals surface area contributed by atoms with E-state index in [-0.39, 0.29) is 43.1 Å². The lowest BCUT2D eigenvalue weighted by molar-refractivity contribution is -0.133. The third-order valence-electron chi connectivity index (χ3n) is 7.64. The fraction of sp³-hybridized carbons (Fsp3) is 0.720. The van der Waals surface area contributed by atoms with Gasteiger partial charge in [0.05, 0.1) is 28.9 Å². The molecule has 214 valence electrons. The first-order chi connectivity index (χ1) is 17.8. The number of hydrogen-bond donors (Lipinski definition) is 1. The molecule has 0 aliphatic carbocycles. The van der Waals surface area contributed by atoms with Gasteiger partial charge in [0.1, 0.15) is 11.6 Å². The zero-order valence-corrected chi connectivity index (χ0v) is 23.6. The van der Waals surface area contributed by atoms with Crippen LogP contribution in [0.3, 0.4) is 0 Å². The summed E-state index contributed by atoms with van der Waals surface area (Å²) in [5.41, 5.74) is -0.0187. The number of carbonyl (C=O) groups is 1. The maximum Gasteiger partial charge on any atom is 0.239 e. The molecule has 0 spiro atoms. The number of piperidine rings is 1. The molecular formula is C25H36F3N3O5S2. The first-order valence-corrected chi connectivity index (χ1v) is 15.7. The highest BCUT2D eigenvalue weighted by molar-refractivity contribution is 7.89. The molecule has 3 saturated heterocycles. The van der Waals surface area contributed by atoms with Gasteiger partial charge in [0.2, 0.25) is 15.9 Å². The normalized spacial score (nSPS) is 26.4. The van der Waals surface area contributed by atoms with Crippen LogP contribution in [0.2, 0.25) is 0 Å². The van der Waals surface area contributed by atoms with Gasteiger partial charge < -0.3 is 9.64 Å². The van der Waals surface area contributed by atoms with E-state index in [2.05, 4.69) is 4.72 Å². The van der Waals surface area contributed by atoms with Crippen LogP contribution in [-0.2, 0) is 37.0 Å². The zero-order valence-electron chi connectivity index (χ0n) is 21.9. The van der Waals surface area contributed by atoms with Crippen molar-refractivity contribution in [2.24, 2.45) is 5.92 Å². The molecule has 3 fully saturated rings. The predicted octanol–water partition coefficient (Wildman–Crippen LogP) is 2.50. The molecule has 4 rings (SSSR count). The Hall–Kier alpha value is -1.54. The van der Waals surface area contributed by atoms with Gasteiger partial charge in [-0.15, -0.1) is 0 Å². The third-order valence-corrected chi connectivity index (χ3v) is 11.0. The van der Waals surface area contributed by atoms with Gasteiger partial charge in [-0.25, -0.2) is 30.5 Å². The van der Waals surface area contributed by atoms with Crippen LogP contribution in [0.5, 0.6) is 0 Å². The van der Waals surface area contributed by atoms with Crippen LogP contribution in [0.15, 0.2) is 12.1 Å². The van der Waals surface area contributed by atoms with E-state index in [4.69, 9.17) is 4.74 Å². The van der Waals surface area contributed by atoms with E-state index in [0.717, 1.165) is 6.07 Å². The number of amides is 1. The Labute approximate surface area is 224 Å². The highest BCUT2D eigenvalue weighted by Crippen LogP contribution is 2.41. The van der Waals surface area contributed by atoms with Crippen molar-refractivity contribution in [1.29, 1.82) is 0 Å². The van der Waals surface area contributed by atoms with E-state index in [9.17, 15) is 30.6 Å². The minimum atomic E-state index is -3.76. The summed E-state index contributed by atoms with van der Waals surface area (Å²) in [5.74, 6) is -4.46. The Morgan fingerprint density at radius 2 is 1.66 bits per heavy atom. The van der Waals surface area contributed by atoms with E-state index >= 15 is 0 Å². The summed E-state index contributed by atoms with van der Waals surface area (Å²) in [6, 6.07) is 0.430. The Morgan fingerprint density at radius 3 is 2.24 bits per heavy atom. The number of nitrogens with one attached hydrogen (secondary N) is 1. The lowest BCUT2D eigenvalue weighted by Crippen LogP contribution is -2.54. The number of fused-ring (bicyclic) bond motifs is 2. The summed E-state index contributed by atoms with van der Waals surface area (Å²) >= 11 is 0. The molecule has 1 N–H and O–H groups in total. The van der Waals surface area contributed by atoms with E-state index < -0.39 is 60.9 Å². The minimum absolute atomic E-state index is 0.00564. The number of nitrogens with zero attached hydrogens (tertiary/aromatic N) is 2. The van der Waals surface area contributed by atoms with E-state index in [0.29, 0.717) is 45.0 Å². The number of rotatable bonds is 8. The summed E-state index contributed by atoms with van der Waals surface area (Å²) in [6.07, 6.45) is 2.42. The first kappa shape index (κ1) is 29.4. The van der Waals surface area contributed by atoms with E-state index in [1.807, 2.05) is 0 Å². The van der Waals surface area contributed by atoms with E-state index in [1.165, 1.54) is 4.31 Å². The SMILES string of the molecule is CC(C)(C)S(=O)N[C@H](Cc1cc(F)c(F)cc1F)C1CC2CCC(C1)N2C(=O)CS(=O)(=O)N1CCOCC1. The molecule has 13 heteroatoms. The second-order valence-corrected chi connectivity index (χ2v) is 15.3. The maximum absolute atomic E-state index is 14.5. The third kappa shape index (κ3) is 6.60. The van der Waals surface area contributed by atoms with E-state index in [1.54, 1.807) is 25.7 Å². The zero-order chi connectivity index (χ0) is 27.8. The number of carbonyl (C=O) groups excluding carboxylic acids is 1. The summed E-state index contributed by atoms with van der Waals surface area (Å²) in [5, 5.41) is 0. The molecule has 3 heterocycles. The summed E-state index contributed by atoms with van der Waals surface area (Å²) < 4.78 is 89.6. The molecule has 3 unspecified atom stereocenters. The Morgan fingerprint density at radius 1 is 1.08 bits per heavy atom. The van der Waals surface area contributed by atoms with Gasteiger partial charge in [0.25, 0.3) is 0 Å². The van der Waals surface area contributed by atoms with Gasteiger partial charge in [-0.1, -0.05) is 0 Å². The van der Waals surface area contributed by atoms with Crippen LogP contribution in [0.4, 0.5) is 13.2 Å². The van der Waals surface area contributed by atoms with Crippen LogP contribution in [0.1, 0.15) is 52.0 Å². The Balaban J connectivity index is 1.50. The maximum atomic E-state index is 14.5. The van der Waals surface area contributed by atoms with Crippen molar-refractivity contribution >= 4 is 26.9 Å². The number of morpholine rings is 1. The van der Waals surface area contributed by atoms with Crippen LogP contribution >= 0.6 is 0 Å². The second-order valence-electron chi connectivity index (χ2n) is 11.4. The summed E-state index contributed by atoms with van der Waals surface area (Å²) in [4.78, 5) is 14.9. The standard InChI is InChI=1S/C25H36F3N3O5S2/c1-25(2,3)37(33)29-23(13-16-12-21(27)22(28)14-20(16)26)17-10-18-4-5-19(11-17)31(18)24(32)15-38(34,35)30-6-8-36-9-7-30/h12,14,17-19,23,29H,4-11,13,15H2,1-3H3/t17?,18?,19?,23-,37?/m1/s1. The van der Waals surface area contributed by atoms with Crippen molar-refractivity contribution < 1.29 is 35.3 Å². The minimum Gasteiger partial charge on any atom is -0.379 e. The van der Waals surface area contributed by atoms with Gasteiger partial charge in [-0.2, -0.15) is 4.31 Å². The fourth-order valence-electron chi connectivity index (χ4n) is 5.68. The van der Waals surface area contributed by atoms with Crippen LogP contribution in [-0.4, -0.2) is 82.7 Å². The molecule has 8 nitrogen and oxygen atoms in total. The van der Waals surface area contributed by atoms with Crippen molar-refractivity contribution in [1.82, 2.24) is 13.9 Å². The van der Waals surface area contributed by atoms with Gasteiger partial charge in [-0.3, -0.25) is 4.79 Å². The quantitative estimate of drug-likeness (QED) is 0.478. The average Bonchev–Trinajstić information content (AvgIpc) is 3.11. The van der Waals surface area contributed by atoms with Crippen LogP contribution < -0.4 is 4.72 Å². The lowest BCUT2D eigenvalue weighted by atomic mass is 9.82. The van der Waals surface area contributed by atoms with Gasteiger partial charge in [-0.05, 0) is 70.4 Å². The van der Waals surface area contributed by atoms with Crippen molar-refractivity contribution in [3.8, 4) is 0 Å². The molecule has 1 aromatic rings. The summed E-state index contributed by atoms with van der Waals surface area (Å²) in [7, 11) is -5.28. The highest BCUT2D eigenvalue weighted by Gasteiger charge is 2.46. The molecule has 0 radical (unpaired) electrons.